The molecule has 0 radical (unpaired) electrons. The smallest absolute Gasteiger partial charge is 0.219 e. The Hall–Kier alpha value is -1.46. The first-order valence-electron chi connectivity index (χ1n) is 6.92. The summed E-state index contributed by atoms with van der Waals surface area (Å²) in [5.41, 5.74) is 1.09. The van der Waals surface area contributed by atoms with Crippen LogP contribution in [-0.4, -0.2) is 11.5 Å². The van der Waals surface area contributed by atoms with E-state index >= 15 is 0 Å². The fourth-order valence-corrected chi connectivity index (χ4v) is 2.14. The maximum absolute atomic E-state index is 13.5. The van der Waals surface area contributed by atoms with Gasteiger partial charge in [-0.2, -0.15) is 0 Å². The molecule has 1 unspecified atom stereocenters. The molecule has 2 aromatic rings. The average Bonchev–Trinajstić information content (AvgIpc) is 2.49. The molecule has 2 rings (SSSR count). The normalized spacial score (nSPS) is 12.2. The third kappa shape index (κ3) is 4.51. The zero-order chi connectivity index (χ0) is 15.2. The Bertz CT molecular complexity index is 607. The summed E-state index contributed by atoms with van der Waals surface area (Å²) in [5, 5.41) is 3.41. The molecule has 0 saturated heterocycles. The molecule has 1 heterocycles. The molecule has 0 amide bonds. The maximum atomic E-state index is 13.5. The lowest BCUT2D eigenvalue weighted by Crippen LogP contribution is -2.19. The second-order valence-electron chi connectivity index (χ2n) is 4.78. The number of benzene rings is 1. The Morgan fingerprint density at radius 3 is 2.86 bits per heavy atom. The molecule has 0 aliphatic rings. The molecule has 0 bridgehead atoms. The van der Waals surface area contributed by atoms with E-state index in [2.05, 4.69) is 40.1 Å². The van der Waals surface area contributed by atoms with Crippen molar-refractivity contribution in [3.8, 4) is 11.6 Å². The lowest BCUT2D eigenvalue weighted by molar-refractivity contribution is 0.455. The summed E-state index contributed by atoms with van der Waals surface area (Å²) in [4.78, 5) is 4.17. The van der Waals surface area contributed by atoms with Gasteiger partial charge in [-0.15, -0.1) is 0 Å². The van der Waals surface area contributed by atoms with Crippen LogP contribution in [-0.2, 0) is 0 Å². The Kier molecular flexibility index (Phi) is 5.70. The van der Waals surface area contributed by atoms with E-state index in [9.17, 15) is 4.39 Å². The molecule has 1 N–H and O–H groups in total. The second kappa shape index (κ2) is 7.52. The first-order chi connectivity index (χ1) is 10.1. The Labute approximate surface area is 132 Å². The minimum Gasteiger partial charge on any atom is -0.439 e. The quantitative estimate of drug-likeness (QED) is 0.807. The highest BCUT2D eigenvalue weighted by atomic mass is 79.9. The first kappa shape index (κ1) is 15.9. The Morgan fingerprint density at radius 2 is 2.14 bits per heavy atom. The van der Waals surface area contributed by atoms with Gasteiger partial charge in [-0.3, -0.25) is 0 Å². The van der Waals surface area contributed by atoms with Crippen molar-refractivity contribution in [3.63, 3.8) is 0 Å². The molecular formula is C16H18BrFN2O. The highest BCUT2D eigenvalue weighted by Crippen LogP contribution is 2.26. The van der Waals surface area contributed by atoms with E-state index in [4.69, 9.17) is 4.74 Å². The van der Waals surface area contributed by atoms with Crippen LogP contribution in [0.3, 0.4) is 0 Å². The monoisotopic (exact) mass is 352 g/mol. The van der Waals surface area contributed by atoms with Gasteiger partial charge < -0.3 is 10.1 Å². The summed E-state index contributed by atoms with van der Waals surface area (Å²) < 4.78 is 19.5. The van der Waals surface area contributed by atoms with Crippen LogP contribution in [0.15, 0.2) is 41.0 Å². The Morgan fingerprint density at radius 1 is 1.33 bits per heavy atom. The number of hydrogen-bond acceptors (Lipinski definition) is 3. The molecular weight excluding hydrogens is 335 g/mol. The third-order valence-corrected chi connectivity index (χ3v) is 3.72. The molecule has 5 heteroatoms. The van der Waals surface area contributed by atoms with Crippen LogP contribution in [0.25, 0.3) is 0 Å². The van der Waals surface area contributed by atoms with Gasteiger partial charge in [0.2, 0.25) is 5.88 Å². The van der Waals surface area contributed by atoms with E-state index < -0.39 is 0 Å². The third-order valence-electron chi connectivity index (χ3n) is 3.07. The van der Waals surface area contributed by atoms with Gasteiger partial charge in [-0.1, -0.05) is 6.92 Å². The summed E-state index contributed by atoms with van der Waals surface area (Å²) in [6.07, 6.45) is 2.78. The molecule has 21 heavy (non-hydrogen) atoms. The lowest BCUT2D eigenvalue weighted by atomic mass is 10.1. The molecule has 1 aromatic carbocycles. The van der Waals surface area contributed by atoms with Crippen LogP contribution in [0.4, 0.5) is 4.39 Å². The molecule has 0 spiro atoms. The van der Waals surface area contributed by atoms with Crippen LogP contribution in [0.5, 0.6) is 11.6 Å². The van der Waals surface area contributed by atoms with Crippen molar-refractivity contribution in [2.45, 2.75) is 26.3 Å². The number of ether oxygens (including phenoxy) is 1. The van der Waals surface area contributed by atoms with Gasteiger partial charge in [0, 0.05) is 24.4 Å². The van der Waals surface area contributed by atoms with E-state index in [-0.39, 0.29) is 11.9 Å². The van der Waals surface area contributed by atoms with Crippen LogP contribution < -0.4 is 10.1 Å². The molecule has 0 fully saturated rings. The number of rotatable bonds is 6. The SMILES string of the molecule is CCCNC(C)c1ccnc(Oc2ccc(Br)c(F)c2)c1. The zero-order valence-electron chi connectivity index (χ0n) is 12.1. The molecule has 1 aromatic heterocycles. The standard InChI is InChI=1S/C16H18BrFN2O/c1-3-7-19-11(2)12-6-8-20-16(9-12)21-13-4-5-14(17)15(18)10-13/h4-6,8-11,19H,3,7H2,1-2H3. The van der Waals surface area contributed by atoms with Crippen molar-refractivity contribution >= 4 is 15.9 Å². The minimum absolute atomic E-state index is 0.219. The van der Waals surface area contributed by atoms with Crippen molar-refractivity contribution in [2.24, 2.45) is 0 Å². The van der Waals surface area contributed by atoms with Gasteiger partial charge >= 0.3 is 0 Å². The van der Waals surface area contributed by atoms with Crippen molar-refractivity contribution in [3.05, 3.63) is 52.4 Å². The number of pyridine rings is 1. The lowest BCUT2D eigenvalue weighted by Gasteiger charge is -2.14. The molecule has 112 valence electrons. The highest BCUT2D eigenvalue weighted by molar-refractivity contribution is 9.10. The van der Waals surface area contributed by atoms with Crippen LogP contribution in [0.2, 0.25) is 0 Å². The second-order valence-corrected chi connectivity index (χ2v) is 5.64. The molecule has 1 atom stereocenters. The fraction of sp³-hybridized carbons (Fsp3) is 0.312. The fourth-order valence-electron chi connectivity index (χ4n) is 1.89. The predicted octanol–water partition coefficient (Wildman–Crippen LogP) is 4.84. The van der Waals surface area contributed by atoms with Crippen molar-refractivity contribution in [1.82, 2.24) is 10.3 Å². The van der Waals surface area contributed by atoms with Gasteiger partial charge in [0.05, 0.1) is 4.47 Å². The number of halogens is 2. The van der Waals surface area contributed by atoms with Crippen molar-refractivity contribution < 1.29 is 9.13 Å². The summed E-state index contributed by atoms with van der Waals surface area (Å²) >= 11 is 3.12. The van der Waals surface area contributed by atoms with Gasteiger partial charge in [-0.25, -0.2) is 9.37 Å². The van der Waals surface area contributed by atoms with Crippen molar-refractivity contribution in [2.75, 3.05) is 6.54 Å². The zero-order valence-corrected chi connectivity index (χ0v) is 13.7. The number of nitrogens with one attached hydrogen (secondary N) is 1. The van der Waals surface area contributed by atoms with E-state index in [1.54, 1.807) is 18.3 Å². The minimum atomic E-state index is -0.360. The van der Waals surface area contributed by atoms with E-state index in [1.165, 1.54) is 6.07 Å². The average molecular weight is 353 g/mol. The van der Waals surface area contributed by atoms with E-state index in [1.807, 2.05) is 12.1 Å². The van der Waals surface area contributed by atoms with Gasteiger partial charge in [0.1, 0.15) is 11.6 Å². The van der Waals surface area contributed by atoms with Crippen LogP contribution >= 0.6 is 15.9 Å². The summed E-state index contributed by atoms with van der Waals surface area (Å²) in [7, 11) is 0. The molecule has 0 aliphatic heterocycles. The largest absolute Gasteiger partial charge is 0.439 e. The van der Waals surface area contributed by atoms with Gasteiger partial charge in [0.25, 0.3) is 0 Å². The van der Waals surface area contributed by atoms with Crippen LogP contribution in [0, 0.1) is 5.82 Å². The highest BCUT2D eigenvalue weighted by Gasteiger charge is 2.08. The maximum Gasteiger partial charge on any atom is 0.219 e. The van der Waals surface area contributed by atoms with Crippen LogP contribution in [0.1, 0.15) is 31.9 Å². The summed E-state index contributed by atoms with van der Waals surface area (Å²) in [5.74, 6) is 0.524. The van der Waals surface area contributed by atoms with Gasteiger partial charge in [0.15, 0.2) is 0 Å². The summed E-state index contributed by atoms with van der Waals surface area (Å²) in [6, 6.07) is 8.67. The van der Waals surface area contributed by atoms with Gasteiger partial charge in [-0.05, 0) is 59.6 Å². The molecule has 0 aliphatic carbocycles. The molecule has 0 saturated carbocycles. The predicted molar refractivity (Wildman–Crippen MR) is 85.1 cm³/mol. The van der Waals surface area contributed by atoms with E-state index in [0.717, 1.165) is 18.5 Å². The first-order valence-corrected chi connectivity index (χ1v) is 7.71. The topological polar surface area (TPSA) is 34.2 Å². The van der Waals surface area contributed by atoms with Crippen molar-refractivity contribution in [1.29, 1.82) is 0 Å². The molecule has 3 nitrogen and oxygen atoms in total. The van der Waals surface area contributed by atoms with E-state index in [0.29, 0.717) is 16.1 Å². The summed E-state index contributed by atoms with van der Waals surface area (Å²) in [6.45, 7) is 5.18. The number of nitrogens with zero attached hydrogens (tertiary/aromatic N) is 1. The number of aromatic nitrogens is 1. The number of hydrogen-bond donors (Lipinski definition) is 1. The Balaban J connectivity index is 2.11.